The number of rotatable bonds is 11. The van der Waals surface area contributed by atoms with E-state index in [1.165, 1.54) is 0 Å². The molecule has 2 atom stereocenters. The largest absolute Gasteiger partial charge is 0.480 e. The van der Waals surface area contributed by atoms with E-state index in [2.05, 4.69) is 15.6 Å². The van der Waals surface area contributed by atoms with Crippen molar-refractivity contribution in [3.8, 4) is 0 Å². The molecular formula is C17H26MnN6O4. The van der Waals surface area contributed by atoms with E-state index in [-0.39, 0.29) is 49.0 Å². The quantitative estimate of drug-likeness (QED) is 0.104. The summed E-state index contributed by atoms with van der Waals surface area (Å²) in [6.07, 6.45) is 0.761. The number of guanidine groups is 1. The Morgan fingerprint density at radius 2 is 1.71 bits per heavy atom. The molecule has 0 spiro atoms. The molecule has 1 aromatic rings. The van der Waals surface area contributed by atoms with Crippen LogP contribution in [0.1, 0.15) is 18.4 Å². The zero-order valence-electron chi connectivity index (χ0n) is 15.3. The summed E-state index contributed by atoms with van der Waals surface area (Å²) in [6.45, 7) is -0.0129. The Kier molecular flexibility index (Phi) is 12.3. The topological polar surface area (TPSA) is 186 Å². The van der Waals surface area contributed by atoms with Crippen molar-refractivity contribution in [3.05, 3.63) is 35.9 Å². The molecule has 0 fully saturated rings. The van der Waals surface area contributed by atoms with Crippen molar-refractivity contribution in [3.63, 3.8) is 0 Å². The van der Waals surface area contributed by atoms with Crippen LogP contribution in [0.3, 0.4) is 0 Å². The van der Waals surface area contributed by atoms with Gasteiger partial charge >= 0.3 is 5.97 Å². The third-order valence-corrected chi connectivity index (χ3v) is 3.68. The molecule has 0 aliphatic rings. The maximum absolute atomic E-state index is 12.5. The van der Waals surface area contributed by atoms with Gasteiger partial charge in [-0.1, -0.05) is 30.3 Å². The van der Waals surface area contributed by atoms with Gasteiger partial charge in [-0.15, -0.1) is 0 Å². The maximum Gasteiger partial charge on any atom is 0.326 e. The average molecular weight is 433 g/mol. The first-order valence-corrected chi connectivity index (χ1v) is 8.45. The van der Waals surface area contributed by atoms with Crippen LogP contribution >= 0.6 is 0 Å². The van der Waals surface area contributed by atoms with Gasteiger partial charge in [-0.05, 0) is 18.4 Å². The normalized spacial score (nSPS) is 12.0. The first kappa shape index (κ1) is 25.4. The zero-order valence-corrected chi connectivity index (χ0v) is 16.5. The van der Waals surface area contributed by atoms with Crippen LogP contribution < -0.4 is 27.8 Å². The Hall–Kier alpha value is -2.62. The SMILES string of the molecule is NCC(=O)NC(CCCN=C(N)N)C(=O)NC(Cc1ccccc1)C(=O)O.[Mn]. The number of carbonyl (C=O) groups is 3. The van der Waals surface area contributed by atoms with Crippen molar-refractivity contribution < 1.29 is 36.6 Å². The van der Waals surface area contributed by atoms with Crippen molar-refractivity contribution in [2.75, 3.05) is 13.1 Å². The molecule has 0 saturated heterocycles. The van der Waals surface area contributed by atoms with Crippen LogP contribution in [0.25, 0.3) is 0 Å². The smallest absolute Gasteiger partial charge is 0.326 e. The molecule has 1 aromatic carbocycles. The average Bonchev–Trinajstić information content (AvgIpc) is 2.63. The van der Waals surface area contributed by atoms with Gasteiger partial charge in [0.25, 0.3) is 0 Å². The summed E-state index contributed by atoms with van der Waals surface area (Å²) in [7, 11) is 0. The number of hydrogen-bond acceptors (Lipinski definition) is 5. The fraction of sp³-hybridized carbons (Fsp3) is 0.412. The Morgan fingerprint density at radius 3 is 2.25 bits per heavy atom. The molecule has 0 heterocycles. The van der Waals surface area contributed by atoms with Crippen LogP contribution in [-0.4, -0.2) is 54.0 Å². The van der Waals surface area contributed by atoms with Gasteiger partial charge in [0.2, 0.25) is 11.8 Å². The predicted molar refractivity (Wildman–Crippen MR) is 101 cm³/mol. The van der Waals surface area contributed by atoms with Crippen LogP contribution in [0.5, 0.6) is 0 Å². The first-order chi connectivity index (χ1) is 12.8. The molecule has 0 aliphatic heterocycles. The molecule has 28 heavy (non-hydrogen) atoms. The third kappa shape index (κ3) is 9.91. The van der Waals surface area contributed by atoms with Crippen molar-refractivity contribution in [2.24, 2.45) is 22.2 Å². The summed E-state index contributed by atoms with van der Waals surface area (Å²) in [6, 6.07) is 6.85. The summed E-state index contributed by atoms with van der Waals surface area (Å²) in [5, 5.41) is 14.3. The number of carboxylic acids is 1. The van der Waals surface area contributed by atoms with Crippen molar-refractivity contribution in [1.82, 2.24) is 10.6 Å². The van der Waals surface area contributed by atoms with E-state index in [9.17, 15) is 19.5 Å². The second kappa shape index (κ2) is 13.5. The van der Waals surface area contributed by atoms with E-state index >= 15 is 0 Å². The summed E-state index contributed by atoms with van der Waals surface area (Å²) in [5.74, 6) is -2.37. The summed E-state index contributed by atoms with van der Waals surface area (Å²) >= 11 is 0. The van der Waals surface area contributed by atoms with Gasteiger partial charge in [0.15, 0.2) is 5.96 Å². The minimum absolute atomic E-state index is 0. The van der Waals surface area contributed by atoms with Gasteiger partial charge in [0.1, 0.15) is 12.1 Å². The molecule has 10 nitrogen and oxygen atoms in total. The standard InChI is InChI=1S/C17H26N6O4.Mn/c18-10-14(24)22-12(7-4-8-21-17(19)20)15(25)23-13(16(26)27)9-11-5-2-1-3-6-11;/h1-3,5-6,12-13H,4,7-10,18H2,(H,22,24)(H,23,25)(H,26,27)(H4,19,20,21);. The van der Waals surface area contributed by atoms with Crippen LogP contribution in [-0.2, 0) is 37.9 Å². The Balaban J connectivity index is 0.00000729. The number of nitrogens with zero attached hydrogens (tertiary/aromatic N) is 1. The molecule has 0 saturated carbocycles. The second-order valence-electron chi connectivity index (χ2n) is 5.86. The Morgan fingerprint density at radius 1 is 1.07 bits per heavy atom. The van der Waals surface area contributed by atoms with Gasteiger partial charge < -0.3 is 32.9 Å². The predicted octanol–water partition coefficient (Wildman–Crippen LogP) is -1.71. The summed E-state index contributed by atoms with van der Waals surface area (Å²) in [5.41, 5.74) is 16.5. The molecule has 11 heteroatoms. The molecule has 0 bridgehead atoms. The first-order valence-electron chi connectivity index (χ1n) is 8.45. The number of aliphatic imine (C=N–C) groups is 1. The minimum Gasteiger partial charge on any atom is -0.480 e. The van der Waals surface area contributed by atoms with E-state index in [1.807, 2.05) is 6.07 Å². The van der Waals surface area contributed by atoms with Gasteiger partial charge in [-0.3, -0.25) is 14.6 Å². The molecule has 2 amide bonds. The maximum atomic E-state index is 12.5. The minimum atomic E-state index is -1.17. The van der Waals surface area contributed by atoms with Crippen LogP contribution in [0.15, 0.2) is 35.3 Å². The van der Waals surface area contributed by atoms with Crippen molar-refractivity contribution in [2.45, 2.75) is 31.3 Å². The van der Waals surface area contributed by atoms with E-state index in [1.54, 1.807) is 24.3 Å². The van der Waals surface area contributed by atoms with Crippen LogP contribution in [0, 0.1) is 0 Å². The molecule has 0 aliphatic carbocycles. The number of amides is 2. The monoisotopic (exact) mass is 433 g/mol. The second-order valence-corrected chi connectivity index (χ2v) is 5.86. The number of benzene rings is 1. The number of nitrogens with one attached hydrogen (secondary N) is 2. The molecule has 0 aromatic heterocycles. The van der Waals surface area contributed by atoms with Gasteiger partial charge in [0, 0.05) is 30.0 Å². The van der Waals surface area contributed by atoms with Gasteiger partial charge in [-0.25, -0.2) is 4.79 Å². The number of nitrogens with two attached hydrogens (primary N) is 3. The van der Waals surface area contributed by atoms with Gasteiger partial charge in [-0.2, -0.15) is 0 Å². The Bertz CT molecular complexity index is 667. The van der Waals surface area contributed by atoms with Crippen LogP contribution in [0.2, 0.25) is 0 Å². The fourth-order valence-electron chi connectivity index (χ4n) is 2.35. The number of carbonyl (C=O) groups excluding carboxylic acids is 2. The van der Waals surface area contributed by atoms with E-state index in [0.29, 0.717) is 6.42 Å². The molecule has 155 valence electrons. The molecular weight excluding hydrogens is 407 g/mol. The van der Waals surface area contributed by atoms with Crippen LogP contribution in [0.4, 0.5) is 0 Å². The third-order valence-electron chi connectivity index (χ3n) is 3.68. The fourth-order valence-corrected chi connectivity index (χ4v) is 2.35. The summed E-state index contributed by atoms with van der Waals surface area (Å²) in [4.78, 5) is 39.4. The Labute approximate surface area is 173 Å². The van der Waals surface area contributed by atoms with E-state index in [0.717, 1.165) is 5.56 Å². The molecule has 1 radical (unpaired) electrons. The molecule has 1 rings (SSSR count). The van der Waals surface area contributed by atoms with Gasteiger partial charge in [0.05, 0.1) is 6.54 Å². The van der Waals surface area contributed by atoms with Crippen molar-refractivity contribution >= 4 is 23.7 Å². The van der Waals surface area contributed by atoms with E-state index in [4.69, 9.17) is 17.2 Å². The number of carboxylic acid groups (broad SMARTS) is 1. The number of hydrogen-bond donors (Lipinski definition) is 6. The zero-order chi connectivity index (χ0) is 20.2. The van der Waals surface area contributed by atoms with E-state index < -0.39 is 29.9 Å². The summed E-state index contributed by atoms with van der Waals surface area (Å²) < 4.78 is 0. The molecule has 2 unspecified atom stereocenters. The molecule has 9 N–H and O–H groups in total. The number of aliphatic carboxylic acids is 1. The van der Waals surface area contributed by atoms with Crippen molar-refractivity contribution in [1.29, 1.82) is 0 Å².